The Morgan fingerprint density at radius 3 is 2.77 bits per heavy atom. The highest BCUT2D eigenvalue weighted by Crippen LogP contribution is 2.03. The van der Waals surface area contributed by atoms with Gasteiger partial charge in [-0.15, -0.1) is 0 Å². The van der Waals surface area contributed by atoms with Crippen molar-refractivity contribution in [2.75, 3.05) is 26.7 Å². The summed E-state index contributed by atoms with van der Waals surface area (Å²) in [7, 11) is 1.25. The Bertz CT molecular complexity index is 159. The first-order valence-corrected chi connectivity index (χ1v) is 4.26. The molecule has 0 amide bonds. The van der Waals surface area contributed by atoms with Gasteiger partial charge >= 0.3 is 5.97 Å². The Morgan fingerprint density at radius 2 is 2.31 bits per heavy atom. The smallest absolute Gasteiger partial charge is 0.338 e. The van der Waals surface area contributed by atoms with E-state index in [1.54, 1.807) is 0 Å². The van der Waals surface area contributed by atoms with Crippen LogP contribution in [0, 0.1) is 0 Å². The van der Waals surface area contributed by atoms with E-state index in [2.05, 4.69) is 10.1 Å². The van der Waals surface area contributed by atoms with Crippen molar-refractivity contribution in [1.82, 2.24) is 5.32 Å². The molecule has 0 rings (SSSR count). The van der Waals surface area contributed by atoms with Crippen LogP contribution in [-0.2, 0) is 9.53 Å². The quantitative estimate of drug-likeness (QED) is 0.364. The lowest BCUT2D eigenvalue weighted by Gasteiger charge is -2.20. The molecule has 1 atom stereocenters. The molecule has 1 unspecified atom stereocenters. The predicted molar refractivity (Wildman–Crippen MR) is 49.2 cm³/mol. The fourth-order valence-electron chi connectivity index (χ4n) is 0.851. The van der Waals surface area contributed by atoms with Crippen molar-refractivity contribution in [3.63, 3.8) is 0 Å². The van der Waals surface area contributed by atoms with E-state index in [1.807, 2.05) is 0 Å². The maximum atomic E-state index is 11.0. The molecular formula is C8H18N2O3. The van der Waals surface area contributed by atoms with E-state index >= 15 is 0 Å². The number of esters is 1. The average molecular weight is 190 g/mol. The van der Waals surface area contributed by atoms with Gasteiger partial charge in [0.25, 0.3) is 0 Å². The van der Waals surface area contributed by atoms with Crippen molar-refractivity contribution in [1.29, 1.82) is 0 Å². The molecule has 4 N–H and O–H groups in total. The predicted octanol–water partition coefficient (Wildman–Crippen LogP) is -1.15. The number of carbonyl (C=O) groups is 1. The monoisotopic (exact) mass is 190 g/mol. The molecule has 5 nitrogen and oxygen atoms in total. The summed E-state index contributed by atoms with van der Waals surface area (Å²) in [5, 5.41) is 12.4. The van der Waals surface area contributed by atoms with E-state index < -0.39 is 11.6 Å². The molecule has 0 aromatic heterocycles. The van der Waals surface area contributed by atoms with Crippen LogP contribution in [0.4, 0.5) is 0 Å². The molecule has 0 aromatic rings. The van der Waals surface area contributed by atoms with Crippen LogP contribution in [0.3, 0.4) is 0 Å². The number of ether oxygens (including phenoxy) is 1. The van der Waals surface area contributed by atoms with Gasteiger partial charge in [0, 0.05) is 6.54 Å². The van der Waals surface area contributed by atoms with E-state index in [0.29, 0.717) is 13.1 Å². The minimum absolute atomic E-state index is 0.180. The summed E-state index contributed by atoms with van der Waals surface area (Å²) in [4.78, 5) is 11.0. The normalized spacial score (nSPS) is 15.1. The number of hydrogen-bond acceptors (Lipinski definition) is 5. The molecule has 0 aromatic carbocycles. The summed E-state index contributed by atoms with van der Waals surface area (Å²) in [5.41, 5.74) is 3.82. The van der Waals surface area contributed by atoms with Gasteiger partial charge in [-0.2, -0.15) is 0 Å². The Balaban J connectivity index is 3.69. The lowest BCUT2D eigenvalue weighted by molar-refractivity contribution is -0.159. The van der Waals surface area contributed by atoms with Crippen LogP contribution >= 0.6 is 0 Å². The van der Waals surface area contributed by atoms with Crippen molar-refractivity contribution in [2.24, 2.45) is 5.73 Å². The zero-order valence-corrected chi connectivity index (χ0v) is 8.17. The minimum atomic E-state index is -1.46. The SMILES string of the molecule is COC(=O)C(C)(O)CNCCCN. The molecule has 0 saturated heterocycles. The van der Waals surface area contributed by atoms with Gasteiger partial charge in [0.05, 0.1) is 7.11 Å². The minimum Gasteiger partial charge on any atom is -0.467 e. The molecular weight excluding hydrogens is 172 g/mol. The average Bonchev–Trinajstić information content (AvgIpc) is 2.11. The van der Waals surface area contributed by atoms with Crippen molar-refractivity contribution in [3.05, 3.63) is 0 Å². The first-order valence-electron chi connectivity index (χ1n) is 4.26. The van der Waals surface area contributed by atoms with Gasteiger partial charge in [0.15, 0.2) is 5.60 Å². The molecule has 5 heteroatoms. The molecule has 0 radical (unpaired) electrons. The van der Waals surface area contributed by atoms with E-state index in [9.17, 15) is 9.90 Å². The molecule has 0 fully saturated rings. The van der Waals surface area contributed by atoms with Crippen LogP contribution in [0.5, 0.6) is 0 Å². The van der Waals surface area contributed by atoms with Crippen LogP contribution in [0.1, 0.15) is 13.3 Å². The van der Waals surface area contributed by atoms with E-state index in [0.717, 1.165) is 6.42 Å². The number of methoxy groups -OCH3 is 1. The molecule has 0 heterocycles. The van der Waals surface area contributed by atoms with Gasteiger partial charge in [-0.05, 0) is 26.4 Å². The van der Waals surface area contributed by atoms with E-state index in [4.69, 9.17) is 5.73 Å². The standard InChI is InChI=1S/C8H18N2O3/c1-8(12,7(11)13-2)6-10-5-3-4-9/h10,12H,3-6,9H2,1-2H3. The summed E-state index contributed by atoms with van der Waals surface area (Å²) in [6.45, 7) is 2.87. The summed E-state index contributed by atoms with van der Waals surface area (Å²) < 4.78 is 4.42. The maximum absolute atomic E-state index is 11.0. The third-order valence-electron chi connectivity index (χ3n) is 1.65. The number of nitrogens with one attached hydrogen (secondary N) is 1. The second-order valence-corrected chi connectivity index (χ2v) is 3.08. The van der Waals surface area contributed by atoms with Gasteiger partial charge < -0.3 is 20.9 Å². The molecule has 13 heavy (non-hydrogen) atoms. The molecule has 0 bridgehead atoms. The second kappa shape index (κ2) is 5.90. The second-order valence-electron chi connectivity index (χ2n) is 3.08. The highest BCUT2D eigenvalue weighted by atomic mass is 16.5. The Morgan fingerprint density at radius 1 is 1.69 bits per heavy atom. The topological polar surface area (TPSA) is 84.6 Å². The molecule has 0 aliphatic heterocycles. The molecule has 0 spiro atoms. The van der Waals surface area contributed by atoms with Gasteiger partial charge in [-0.3, -0.25) is 0 Å². The summed E-state index contributed by atoms with van der Waals surface area (Å²) in [5.74, 6) is -0.632. The zero-order valence-electron chi connectivity index (χ0n) is 8.17. The van der Waals surface area contributed by atoms with Crippen LogP contribution in [0.2, 0.25) is 0 Å². The third-order valence-corrected chi connectivity index (χ3v) is 1.65. The number of nitrogens with two attached hydrogens (primary N) is 1. The highest BCUT2D eigenvalue weighted by Gasteiger charge is 2.30. The van der Waals surface area contributed by atoms with Crippen LogP contribution < -0.4 is 11.1 Å². The maximum Gasteiger partial charge on any atom is 0.338 e. The zero-order chi connectivity index (χ0) is 10.3. The molecule has 0 saturated carbocycles. The van der Waals surface area contributed by atoms with Gasteiger partial charge in [-0.1, -0.05) is 0 Å². The fourth-order valence-corrected chi connectivity index (χ4v) is 0.851. The molecule has 78 valence electrons. The van der Waals surface area contributed by atoms with Gasteiger partial charge in [0.2, 0.25) is 0 Å². The first-order chi connectivity index (χ1) is 6.04. The Labute approximate surface area is 78.3 Å². The Kier molecular flexibility index (Phi) is 5.61. The van der Waals surface area contributed by atoms with Gasteiger partial charge in [-0.25, -0.2) is 4.79 Å². The largest absolute Gasteiger partial charge is 0.467 e. The Hall–Kier alpha value is -0.650. The van der Waals surface area contributed by atoms with E-state index in [-0.39, 0.29) is 6.54 Å². The first kappa shape index (κ1) is 12.3. The van der Waals surface area contributed by atoms with Crippen LogP contribution in [-0.4, -0.2) is 43.4 Å². The molecule has 0 aliphatic carbocycles. The van der Waals surface area contributed by atoms with Crippen LogP contribution in [0.25, 0.3) is 0 Å². The molecule has 0 aliphatic rings. The number of rotatable bonds is 6. The fraction of sp³-hybridized carbons (Fsp3) is 0.875. The van der Waals surface area contributed by atoms with Crippen molar-refractivity contribution >= 4 is 5.97 Å². The summed E-state index contributed by atoms with van der Waals surface area (Å²) >= 11 is 0. The summed E-state index contributed by atoms with van der Waals surface area (Å²) in [6.07, 6.45) is 0.817. The van der Waals surface area contributed by atoms with Crippen molar-refractivity contribution in [3.8, 4) is 0 Å². The number of aliphatic hydroxyl groups is 1. The summed E-state index contributed by atoms with van der Waals surface area (Å²) in [6, 6.07) is 0. The number of carbonyl (C=O) groups excluding carboxylic acids is 1. The van der Waals surface area contributed by atoms with Crippen molar-refractivity contribution < 1.29 is 14.6 Å². The van der Waals surface area contributed by atoms with Crippen molar-refractivity contribution in [2.45, 2.75) is 18.9 Å². The van der Waals surface area contributed by atoms with E-state index in [1.165, 1.54) is 14.0 Å². The lowest BCUT2D eigenvalue weighted by atomic mass is 10.1. The highest BCUT2D eigenvalue weighted by molar-refractivity contribution is 5.78. The van der Waals surface area contributed by atoms with Crippen LogP contribution in [0.15, 0.2) is 0 Å². The lowest BCUT2D eigenvalue weighted by Crippen LogP contribution is -2.46. The third kappa shape index (κ3) is 4.82. The number of hydrogen-bond donors (Lipinski definition) is 3. The van der Waals surface area contributed by atoms with Gasteiger partial charge in [0.1, 0.15) is 0 Å².